The summed E-state index contributed by atoms with van der Waals surface area (Å²) in [4.78, 5) is 22.5. The summed E-state index contributed by atoms with van der Waals surface area (Å²) in [5.74, 6) is -0.516. The molecular weight excluding hydrogens is 304 g/mol. The van der Waals surface area contributed by atoms with Crippen LogP contribution in [0.3, 0.4) is 0 Å². The molecule has 0 heterocycles. The summed E-state index contributed by atoms with van der Waals surface area (Å²) in [6.07, 6.45) is 14.5. The summed E-state index contributed by atoms with van der Waals surface area (Å²) >= 11 is 0. The maximum absolute atomic E-state index is 12.0. The van der Waals surface area contributed by atoms with Gasteiger partial charge in [-0.1, -0.05) is 63.7 Å². The molecule has 0 saturated heterocycles. The standard InChI is InChI=1S/C20H32O4/c1-2-3-6-9-17(21)14-12-16-13-15-19(22)18(16)10-7-4-5-8-11-20(23)24/h12-14,17-18,21H,2-11,15H2,1H3,(H,23,24)/b14-12+/t17-,18+/m0/s1. The number of Topliss-reactive ketones (excluding diaryl/α,β-unsaturated/α-hetero) is 1. The largest absolute Gasteiger partial charge is 0.481 e. The Hall–Kier alpha value is -1.42. The molecule has 0 unspecified atom stereocenters. The highest BCUT2D eigenvalue weighted by atomic mass is 16.4. The van der Waals surface area contributed by atoms with E-state index in [1.54, 1.807) is 0 Å². The quantitative estimate of drug-likeness (QED) is 0.488. The third kappa shape index (κ3) is 8.44. The van der Waals surface area contributed by atoms with Crippen LogP contribution in [0.25, 0.3) is 0 Å². The zero-order valence-corrected chi connectivity index (χ0v) is 14.9. The minimum atomic E-state index is -0.742. The van der Waals surface area contributed by atoms with Gasteiger partial charge in [0.25, 0.3) is 0 Å². The lowest BCUT2D eigenvalue weighted by atomic mass is 9.92. The normalized spacial score (nSPS) is 19.0. The molecule has 0 aromatic carbocycles. The van der Waals surface area contributed by atoms with Crippen molar-refractivity contribution < 1.29 is 19.8 Å². The number of carboxylic acids is 1. The summed E-state index contributed by atoms with van der Waals surface area (Å²) in [6, 6.07) is 0. The van der Waals surface area contributed by atoms with E-state index < -0.39 is 12.1 Å². The van der Waals surface area contributed by atoms with Crippen LogP contribution in [0.2, 0.25) is 0 Å². The average Bonchev–Trinajstić information content (AvgIpc) is 2.89. The first-order valence-corrected chi connectivity index (χ1v) is 9.35. The maximum Gasteiger partial charge on any atom is 0.303 e. The number of unbranched alkanes of at least 4 members (excludes halogenated alkanes) is 5. The molecule has 24 heavy (non-hydrogen) atoms. The Morgan fingerprint density at radius 1 is 1.25 bits per heavy atom. The lowest BCUT2D eigenvalue weighted by molar-refractivity contribution is -0.137. The van der Waals surface area contributed by atoms with Gasteiger partial charge in [0.05, 0.1) is 6.10 Å². The van der Waals surface area contributed by atoms with E-state index in [9.17, 15) is 14.7 Å². The van der Waals surface area contributed by atoms with E-state index >= 15 is 0 Å². The van der Waals surface area contributed by atoms with Crippen molar-refractivity contribution in [3.63, 3.8) is 0 Å². The zero-order chi connectivity index (χ0) is 17.8. The summed E-state index contributed by atoms with van der Waals surface area (Å²) in [7, 11) is 0. The van der Waals surface area contributed by atoms with Crippen molar-refractivity contribution in [2.24, 2.45) is 5.92 Å². The van der Waals surface area contributed by atoms with Crippen molar-refractivity contribution >= 4 is 11.8 Å². The fourth-order valence-electron chi connectivity index (χ4n) is 3.10. The minimum absolute atomic E-state index is 0.0384. The Balaban J connectivity index is 2.31. The Kier molecular flexibility index (Phi) is 10.3. The second-order valence-corrected chi connectivity index (χ2v) is 6.70. The molecule has 2 N–H and O–H groups in total. The number of ketones is 1. The van der Waals surface area contributed by atoms with Gasteiger partial charge in [-0.2, -0.15) is 0 Å². The minimum Gasteiger partial charge on any atom is -0.481 e. The number of carboxylic acid groups (broad SMARTS) is 1. The monoisotopic (exact) mass is 336 g/mol. The van der Waals surface area contributed by atoms with Crippen LogP contribution in [-0.4, -0.2) is 28.1 Å². The van der Waals surface area contributed by atoms with Crippen LogP contribution in [0.15, 0.2) is 23.8 Å². The molecule has 4 heteroatoms. The van der Waals surface area contributed by atoms with Gasteiger partial charge in [-0.25, -0.2) is 0 Å². The molecule has 0 aromatic rings. The van der Waals surface area contributed by atoms with Crippen molar-refractivity contribution in [2.45, 2.75) is 83.7 Å². The zero-order valence-electron chi connectivity index (χ0n) is 14.9. The first-order valence-electron chi connectivity index (χ1n) is 9.35. The highest BCUT2D eigenvalue weighted by Gasteiger charge is 2.25. The number of rotatable bonds is 13. The van der Waals surface area contributed by atoms with Gasteiger partial charge in [-0.05, 0) is 24.8 Å². The van der Waals surface area contributed by atoms with E-state index in [0.29, 0.717) is 12.8 Å². The average molecular weight is 336 g/mol. The van der Waals surface area contributed by atoms with Crippen LogP contribution in [0.4, 0.5) is 0 Å². The van der Waals surface area contributed by atoms with Crippen LogP contribution >= 0.6 is 0 Å². The van der Waals surface area contributed by atoms with Gasteiger partial charge in [0.1, 0.15) is 5.78 Å². The Morgan fingerprint density at radius 2 is 2.00 bits per heavy atom. The van der Waals surface area contributed by atoms with E-state index in [0.717, 1.165) is 56.9 Å². The van der Waals surface area contributed by atoms with E-state index in [1.165, 1.54) is 0 Å². The third-order valence-electron chi connectivity index (χ3n) is 4.58. The highest BCUT2D eigenvalue weighted by Crippen LogP contribution is 2.29. The molecule has 0 radical (unpaired) electrons. The van der Waals surface area contributed by atoms with Crippen LogP contribution in [0.5, 0.6) is 0 Å². The second kappa shape index (κ2) is 12.0. The van der Waals surface area contributed by atoms with Gasteiger partial charge in [0, 0.05) is 18.8 Å². The summed E-state index contributed by atoms with van der Waals surface area (Å²) in [6.45, 7) is 2.14. The molecule has 0 fully saturated rings. The third-order valence-corrected chi connectivity index (χ3v) is 4.58. The lowest BCUT2D eigenvalue weighted by Crippen LogP contribution is -2.10. The fraction of sp³-hybridized carbons (Fsp3) is 0.700. The number of hydrogen-bond donors (Lipinski definition) is 2. The van der Waals surface area contributed by atoms with Gasteiger partial charge >= 0.3 is 5.97 Å². The molecule has 4 nitrogen and oxygen atoms in total. The van der Waals surface area contributed by atoms with E-state index in [2.05, 4.69) is 6.92 Å². The van der Waals surface area contributed by atoms with Crippen LogP contribution < -0.4 is 0 Å². The van der Waals surface area contributed by atoms with Crippen LogP contribution in [0.1, 0.15) is 77.6 Å². The van der Waals surface area contributed by atoms with E-state index in [1.807, 2.05) is 18.2 Å². The van der Waals surface area contributed by atoms with Gasteiger partial charge in [-0.3, -0.25) is 9.59 Å². The molecule has 0 aromatic heterocycles. The SMILES string of the molecule is CCCCC[C@H](O)/C=C/C1=CCC(=O)[C@@H]1CCCCCCC(=O)O. The predicted molar refractivity (Wildman–Crippen MR) is 95.8 cm³/mol. The topological polar surface area (TPSA) is 74.6 Å². The first-order chi connectivity index (χ1) is 11.5. The number of aliphatic carboxylic acids is 1. The van der Waals surface area contributed by atoms with E-state index in [4.69, 9.17) is 5.11 Å². The molecule has 1 aliphatic carbocycles. The lowest BCUT2D eigenvalue weighted by Gasteiger charge is -2.12. The van der Waals surface area contributed by atoms with Crippen LogP contribution in [-0.2, 0) is 9.59 Å². The number of aliphatic hydroxyl groups is 1. The predicted octanol–water partition coefficient (Wildman–Crippen LogP) is 4.42. The molecule has 0 aliphatic heterocycles. The van der Waals surface area contributed by atoms with Gasteiger partial charge < -0.3 is 10.2 Å². The Bertz CT molecular complexity index is 451. The number of carbonyl (C=O) groups excluding carboxylic acids is 1. The molecule has 1 rings (SSSR count). The van der Waals surface area contributed by atoms with Crippen molar-refractivity contribution in [1.82, 2.24) is 0 Å². The fourth-order valence-corrected chi connectivity index (χ4v) is 3.10. The van der Waals surface area contributed by atoms with Gasteiger partial charge in [-0.15, -0.1) is 0 Å². The summed E-state index contributed by atoms with van der Waals surface area (Å²) < 4.78 is 0. The highest BCUT2D eigenvalue weighted by molar-refractivity contribution is 5.89. The number of allylic oxidation sites excluding steroid dienone is 3. The van der Waals surface area contributed by atoms with E-state index in [-0.39, 0.29) is 18.1 Å². The molecule has 1 aliphatic rings. The van der Waals surface area contributed by atoms with Gasteiger partial charge in [0.15, 0.2) is 0 Å². The van der Waals surface area contributed by atoms with Crippen LogP contribution in [0, 0.1) is 5.92 Å². The Morgan fingerprint density at radius 3 is 2.71 bits per heavy atom. The van der Waals surface area contributed by atoms with Gasteiger partial charge in [0.2, 0.25) is 0 Å². The maximum atomic E-state index is 12.0. The first kappa shape index (κ1) is 20.6. The smallest absolute Gasteiger partial charge is 0.303 e. The summed E-state index contributed by atoms with van der Waals surface area (Å²) in [5, 5.41) is 18.6. The molecule has 0 spiro atoms. The molecule has 0 bridgehead atoms. The molecular formula is C20H32O4. The molecule has 2 atom stereocenters. The summed E-state index contributed by atoms with van der Waals surface area (Å²) in [5.41, 5.74) is 1.04. The second-order valence-electron chi connectivity index (χ2n) is 6.70. The van der Waals surface area contributed by atoms with Crippen molar-refractivity contribution in [2.75, 3.05) is 0 Å². The van der Waals surface area contributed by atoms with Crippen molar-refractivity contribution in [3.05, 3.63) is 23.8 Å². The molecule has 0 amide bonds. The number of hydrogen-bond acceptors (Lipinski definition) is 3. The van der Waals surface area contributed by atoms with Crippen molar-refractivity contribution in [3.8, 4) is 0 Å². The number of carbonyl (C=O) groups is 2. The molecule has 136 valence electrons. The molecule has 0 saturated carbocycles. The van der Waals surface area contributed by atoms with Crippen molar-refractivity contribution in [1.29, 1.82) is 0 Å². The number of aliphatic hydroxyl groups excluding tert-OH is 1. The Labute approximate surface area is 145 Å².